The molecule has 1 atom stereocenters. The summed E-state index contributed by atoms with van der Waals surface area (Å²) in [5, 5.41) is 0. The molecule has 1 saturated heterocycles. The second-order valence-corrected chi connectivity index (χ2v) is 6.49. The number of amides is 1. The largest absolute Gasteiger partial charge is 0.448 e. The van der Waals surface area contributed by atoms with E-state index in [4.69, 9.17) is 10.5 Å². The van der Waals surface area contributed by atoms with Crippen LogP contribution >= 0.6 is 11.5 Å². The highest BCUT2D eigenvalue weighted by Gasteiger charge is 2.28. The van der Waals surface area contributed by atoms with Crippen molar-refractivity contribution < 1.29 is 14.3 Å². The Kier molecular flexibility index (Phi) is 4.80. The van der Waals surface area contributed by atoms with E-state index in [1.54, 1.807) is 11.8 Å². The number of aromatic nitrogens is 1. The number of benzene rings is 1. The third-order valence-electron chi connectivity index (χ3n) is 4.01. The van der Waals surface area contributed by atoms with Gasteiger partial charge in [0.15, 0.2) is 11.0 Å². The Morgan fingerprint density at radius 1 is 1.25 bits per heavy atom. The van der Waals surface area contributed by atoms with Gasteiger partial charge < -0.3 is 15.4 Å². The summed E-state index contributed by atoms with van der Waals surface area (Å²) in [6.07, 6.45) is 1.17. The van der Waals surface area contributed by atoms with Gasteiger partial charge >= 0.3 is 5.97 Å². The molecule has 0 bridgehead atoms. The van der Waals surface area contributed by atoms with Gasteiger partial charge in [-0.3, -0.25) is 4.79 Å². The van der Waals surface area contributed by atoms with Crippen molar-refractivity contribution in [3.8, 4) is 11.3 Å². The third kappa shape index (κ3) is 3.26. The van der Waals surface area contributed by atoms with Crippen molar-refractivity contribution in [2.75, 3.05) is 18.8 Å². The van der Waals surface area contributed by atoms with Crippen LogP contribution in [-0.4, -0.2) is 40.3 Å². The highest BCUT2D eigenvalue weighted by molar-refractivity contribution is 7.09. The molecular formula is C17H19N3O3S. The minimum atomic E-state index is -0.822. The Morgan fingerprint density at radius 2 is 1.92 bits per heavy atom. The standard InChI is InChI=1S/C17H19N3O3S/c1-11(16(21)20-9-5-6-10-20)23-17(22)15-13(18)14(19-24-15)12-7-3-2-4-8-12/h2-4,7-8,11H,5-6,9-10,18H2,1H3/t11-/m0/s1. The first-order valence-corrected chi connectivity index (χ1v) is 8.65. The van der Waals surface area contributed by atoms with Gasteiger partial charge in [0.2, 0.25) is 0 Å². The number of hydrogen-bond acceptors (Lipinski definition) is 6. The summed E-state index contributed by atoms with van der Waals surface area (Å²) in [7, 11) is 0. The SMILES string of the molecule is C[C@H](OC(=O)c1snc(-c2ccccc2)c1N)C(=O)N1CCCC1. The van der Waals surface area contributed by atoms with Gasteiger partial charge in [-0.25, -0.2) is 4.79 Å². The van der Waals surface area contributed by atoms with E-state index < -0.39 is 12.1 Å². The number of esters is 1. The molecule has 0 saturated carbocycles. The highest BCUT2D eigenvalue weighted by atomic mass is 32.1. The molecule has 0 radical (unpaired) electrons. The molecule has 7 heteroatoms. The molecule has 6 nitrogen and oxygen atoms in total. The molecule has 1 fully saturated rings. The zero-order valence-corrected chi connectivity index (χ0v) is 14.2. The molecule has 24 heavy (non-hydrogen) atoms. The normalized spacial score (nSPS) is 15.3. The Labute approximate surface area is 144 Å². The minimum absolute atomic E-state index is 0.160. The molecule has 1 amide bonds. The monoisotopic (exact) mass is 345 g/mol. The Hall–Kier alpha value is -2.41. The number of likely N-dealkylation sites (tertiary alicyclic amines) is 1. The van der Waals surface area contributed by atoms with Crippen molar-refractivity contribution >= 4 is 29.1 Å². The highest BCUT2D eigenvalue weighted by Crippen LogP contribution is 2.31. The third-order valence-corrected chi connectivity index (χ3v) is 4.85. The van der Waals surface area contributed by atoms with Crippen LogP contribution in [0.5, 0.6) is 0 Å². The van der Waals surface area contributed by atoms with E-state index in [2.05, 4.69) is 4.37 Å². The maximum atomic E-state index is 12.3. The first-order chi connectivity index (χ1) is 11.6. The second kappa shape index (κ2) is 7.00. The van der Waals surface area contributed by atoms with Crippen LogP contribution < -0.4 is 5.73 Å². The van der Waals surface area contributed by atoms with Gasteiger partial charge in [-0.05, 0) is 31.3 Å². The van der Waals surface area contributed by atoms with E-state index in [9.17, 15) is 9.59 Å². The Balaban J connectivity index is 1.71. The van der Waals surface area contributed by atoms with Crippen molar-refractivity contribution in [3.63, 3.8) is 0 Å². The number of ether oxygens (including phenoxy) is 1. The zero-order chi connectivity index (χ0) is 17.1. The fraction of sp³-hybridized carbons (Fsp3) is 0.353. The molecule has 0 spiro atoms. The average Bonchev–Trinajstić information content (AvgIpc) is 3.24. The summed E-state index contributed by atoms with van der Waals surface area (Å²) in [4.78, 5) is 26.5. The van der Waals surface area contributed by atoms with Gasteiger partial charge in [0, 0.05) is 18.7 Å². The summed E-state index contributed by atoms with van der Waals surface area (Å²) in [6.45, 7) is 3.04. The van der Waals surface area contributed by atoms with Crippen LogP contribution in [0, 0.1) is 0 Å². The molecule has 1 aromatic heterocycles. The maximum absolute atomic E-state index is 12.3. The Bertz CT molecular complexity index is 739. The molecule has 0 unspecified atom stereocenters. The van der Waals surface area contributed by atoms with Gasteiger partial charge in [0.1, 0.15) is 5.69 Å². The van der Waals surface area contributed by atoms with Crippen LogP contribution in [-0.2, 0) is 9.53 Å². The zero-order valence-electron chi connectivity index (χ0n) is 13.4. The van der Waals surface area contributed by atoms with Crippen LogP contribution in [0.4, 0.5) is 5.69 Å². The molecule has 2 heterocycles. The number of rotatable bonds is 4. The average molecular weight is 345 g/mol. The lowest BCUT2D eigenvalue weighted by molar-refractivity contribution is -0.138. The lowest BCUT2D eigenvalue weighted by atomic mass is 10.1. The van der Waals surface area contributed by atoms with E-state index >= 15 is 0 Å². The van der Waals surface area contributed by atoms with Crippen LogP contribution in [0.2, 0.25) is 0 Å². The van der Waals surface area contributed by atoms with Crippen molar-refractivity contribution in [1.82, 2.24) is 9.27 Å². The fourth-order valence-electron chi connectivity index (χ4n) is 2.71. The lowest BCUT2D eigenvalue weighted by Crippen LogP contribution is -2.38. The first-order valence-electron chi connectivity index (χ1n) is 7.88. The minimum Gasteiger partial charge on any atom is -0.448 e. The van der Waals surface area contributed by atoms with Crippen LogP contribution in [0.25, 0.3) is 11.3 Å². The van der Waals surface area contributed by atoms with Gasteiger partial charge in [-0.1, -0.05) is 30.3 Å². The van der Waals surface area contributed by atoms with Crippen molar-refractivity contribution in [3.05, 3.63) is 35.2 Å². The number of anilines is 1. The van der Waals surface area contributed by atoms with Gasteiger partial charge in [0.25, 0.3) is 5.91 Å². The summed E-state index contributed by atoms with van der Waals surface area (Å²) in [5.74, 6) is -0.764. The second-order valence-electron chi connectivity index (χ2n) is 5.72. The summed E-state index contributed by atoms with van der Waals surface area (Å²) < 4.78 is 9.56. The molecule has 1 aromatic carbocycles. The number of carbonyl (C=O) groups excluding carboxylic acids is 2. The quantitative estimate of drug-likeness (QED) is 0.861. The van der Waals surface area contributed by atoms with Gasteiger partial charge in [-0.2, -0.15) is 4.37 Å². The van der Waals surface area contributed by atoms with Crippen molar-refractivity contribution in [2.45, 2.75) is 25.9 Å². The number of hydrogen-bond donors (Lipinski definition) is 1. The Morgan fingerprint density at radius 3 is 2.58 bits per heavy atom. The number of carbonyl (C=O) groups is 2. The van der Waals surface area contributed by atoms with Crippen LogP contribution in [0.15, 0.2) is 30.3 Å². The molecule has 3 rings (SSSR count). The van der Waals surface area contributed by atoms with Gasteiger partial charge in [-0.15, -0.1) is 0 Å². The van der Waals surface area contributed by atoms with E-state index in [0.29, 0.717) is 5.69 Å². The predicted octanol–water partition coefficient (Wildman–Crippen LogP) is 2.56. The van der Waals surface area contributed by atoms with Gasteiger partial charge in [0.05, 0.1) is 5.69 Å². The molecular weight excluding hydrogens is 326 g/mol. The molecule has 2 N–H and O–H groups in total. The number of nitrogens with two attached hydrogens (primary N) is 1. The fourth-order valence-corrected chi connectivity index (χ4v) is 3.41. The smallest absolute Gasteiger partial charge is 0.352 e. The van der Waals surface area contributed by atoms with Crippen LogP contribution in [0.1, 0.15) is 29.4 Å². The molecule has 1 aliphatic heterocycles. The van der Waals surface area contributed by atoms with E-state index in [1.165, 1.54) is 0 Å². The summed E-state index contributed by atoms with van der Waals surface area (Å²) >= 11 is 0.991. The number of nitrogens with zero attached hydrogens (tertiary/aromatic N) is 2. The predicted molar refractivity (Wildman–Crippen MR) is 92.7 cm³/mol. The maximum Gasteiger partial charge on any atom is 0.352 e. The number of nitrogen functional groups attached to an aromatic ring is 1. The van der Waals surface area contributed by atoms with Crippen molar-refractivity contribution in [1.29, 1.82) is 0 Å². The summed E-state index contributed by atoms with van der Waals surface area (Å²) in [5.41, 5.74) is 7.75. The van der Waals surface area contributed by atoms with Crippen molar-refractivity contribution in [2.24, 2.45) is 0 Å². The molecule has 126 valence electrons. The lowest BCUT2D eigenvalue weighted by Gasteiger charge is -2.20. The van der Waals surface area contributed by atoms with Crippen LogP contribution in [0.3, 0.4) is 0 Å². The van der Waals surface area contributed by atoms with E-state index in [0.717, 1.165) is 43.0 Å². The molecule has 2 aromatic rings. The first kappa shape index (κ1) is 16.4. The molecule has 1 aliphatic rings. The van der Waals surface area contributed by atoms with E-state index in [-0.39, 0.29) is 16.5 Å². The molecule has 0 aliphatic carbocycles. The topological polar surface area (TPSA) is 85.5 Å². The van der Waals surface area contributed by atoms with E-state index in [1.807, 2.05) is 30.3 Å². The summed E-state index contributed by atoms with van der Waals surface area (Å²) in [6, 6.07) is 9.40.